The summed E-state index contributed by atoms with van der Waals surface area (Å²) in [6, 6.07) is 16.7. The smallest absolute Gasteiger partial charge is 0.223 e. The first-order chi connectivity index (χ1) is 15.0. The molecule has 0 bridgehead atoms. The minimum Gasteiger partial charge on any atom is -0.493 e. The Bertz CT molecular complexity index is 965. The van der Waals surface area contributed by atoms with Gasteiger partial charge in [0.1, 0.15) is 11.4 Å². The van der Waals surface area contributed by atoms with Crippen molar-refractivity contribution in [1.82, 2.24) is 5.32 Å². The molecule has 1 atom stereocenters. The van der Waals surface area contributed by atoms with E-state index in [1.54, 1.807) is 0 Å². The maximum Gasteiger partial charge on any atom is 0.223 e. The summed E-state index contributed by atoms with van der Waals surface area (Å²) < 4.78 is 6.12. The number of ether oxygens (including phenoxy) is 1. The number of nitrogens with zero attached hydrogens (tertiary/aromatic N) is 1. The lowest BCUT2D eigenvalue weighted by Gasteiger charge is -2.49. The zero-order valence-corrected chi connectivity index (χ0v) is 19.0. The Balaban J connectivity index is 1.64. The van der Waals surface area contributed by atoms with Crippen molar-refractivity contribution in [1.29, 1.82) is 0 Å². The van der Waals surface area contributed by atoms with Crippen molar-refractivity contribution in [2.24, 2.45) is 0 Å². The minimum atomic E-state index is -0.597. The highest BCUT2D eigenvalue weighted by atomic mass is 16.5. The fraction of sp³-hybridized carbons (Fsp3) is 0.444. The third-order valence-corrected chi connectivity index (χ3v) is 6.82. The van der Waals surface area contributed by atoms with Crippen LogP contribution >= 0.6 is 0 Å². The molecule has 1 amide bonds. The van der Waals surface area contributed by atoms with Crippen LogP contribution in [0.3, 0.4) is 0 Å². The number of rotatable bonds is 8. The first kappa shape index (κ1) is 21.5. The lowest BCUT2D eigenvalue weighted by molar-refractivity contribution is -0.124. The third-order valence-electron chi connectivity index (χ3n) is 6.82. The van der Waals surface area contributed by atoms with Crippen molar-refractivity contribution in [2.45, 2.75) is 64.0 Å². The monoisotopic (exact) mass is 418 g/mol. The summed E-state index contributed by atoms with van der Waals surface area (Å²) >= 11 is 0. The van der Waals surface area contributed by atoms with E-state index in [4.69, 9.17) is 4.74 Å². The van der Waals surface area contributed by atoms with Gasteiger partial charge in [0, 0.05) is 29.6 Å². The summed E-state index contributed by atoms with van der Waals surface area (Å²) in [6.07, 6.45) is 9.54. The van der Waals surface area contributed by atoms with E-state index in [-0.39, 0.29) is 11.3 Å². The number of hydrogen-bond acceptors (Lipinski definition) is 3. The Morgan fingerprint density at radius 3 is 2.68 bits per heavy atom. The molecule has 0 aliphatic carbocycles. The minimum absolute atomic E-state index is 0.0993. The van der Waals surface area contributed by atoms with Crippen molar-refractivity contribution in [3.63, 3.8) is 0 Å². The van der Waals surface area contributed by atoms with Crippen molar-refractivity contribution in [2.75, 3.05) is 18.1 Å². The number of para-hydroxylation sites is 2. The number of nitrogens with one attached hydrogen (secondary N) is 1. The number of fused-ring (bicyclic) bond motifs is 3. The second-order valence-corrected chi connectivity index (χ2v) is 9.14. The van der Waals surface area contributed by atoms with Gasteiger partial charge in [-0.05, 0) is 30.2 Å². The van der Waals surface area contributed by atoms with Gasteiger partial charge in [0.05, 0.1) is 6.61 Å². The van der Waals surface area contributed by atoms with Crippen LogP contribution in [0.4, 0.5) is 5.69 Å². The summed E-state index contributed by atoms with van der Waals surface area (Å²) in [5.74, 6) is 0.996. The van der Waals surface area contributed by atoms with E-state index in [1.165, 1.54) is 30.5 Å². The lowest BCUT2D eigenvalue weighted by atomic mass is 9.74. The first-order valence-electron chi connectivity index (χ1n) is 11.6. The van der Waals surface area contributed by atoms with E-state index in [0.29, 0.717) is 13.0 Å². The zero-order chi connectivity index (χ0) is 21.9. The lowest BCUT2D eigenvalue weighted by Crippen LogP contribution is -2.68. The van der Waals surface area contributed by atoms with Crippen LogP contribution in [0.15, 0.2) is 54.6 Å². The van der Waals surface area contributed by atoms with Gasteiger partial charge in [-0.3, -0.25) is 4.79 Å². The summed E-state index contributed by atoms with van der Waals surface area (Å²) in [4.78, 5) is 14.9. The van der Waals surface area contributed by atoms with Crippen LogP contribution in [-0.2, 0) is 10.2 Å². The quantitative estimate of drug-likeness (QED) is 0.561. The predicted octanol–water partition coefficient (Wildman–Crippen LogP) is 5.67. The topological polar surface area (TPSA) is 41.6 Å². The van der Waals surface area contributed by atoms with E-state index in [0.717, 1.165) is 24.3 Å². The maximum atomic E-state index is 12.6. The van der Waals surface area contributed by atoms with Crippen LogP contribution in [0.25, 0.3) is 6.08 Å². The summed E-state index contributed by atoms with van der Waals surface area (Å²) in [5, 5.41) is 3.34. The van der Waals surface area contributed by atoms with Gasteiger partial charge in [-0.2, -0.15) is 0 Å². The second kappa shape index (κ2) is 8.78. The van der Waals surface area contributed by atoms with Crippen LogP contribution in [0, 0.1) is 0 Å². The number of carbonyl (C=O) groups excluding carboxylic acids is 1. The second-order valence-electron chi connectivity index (χ2n) is 9.14. The molecule has 1 fully saturated rings. The molecule has 1 unspecified atom stereocenters. The Kier molecular flexibility index (Phi) is 6.08. The van der Waals surface area contributed by atoms with E-state index in [9.17, 15) is 4.79 Å². The molecule has 0 spiro atoms. The molecule has 4 heteroatoms. The molecule has 0 radical (unpaired) electrons. The Labute approximate surface area is 186 Å². The average Bonchev–Trinajstić information content (AvgIpc) is 2.97. The van der Waals surface area contributed by atoms with Gasteiger partial charge in [0.2, 0.25) is 5.91 Å². The van der Waals surface area contributed by atoms with Crippen molar-refractivity contribution in [3.8, 4) is 5.75 Å². The van der Waals surface area contributed by atoms with E-state index in [2.05, 4.69) is 73.5 Å². The molecule has 31 heavy (non-hydrogen) atoms. The van der Waals surface area contributed by atoms with Crippen molar-refractivity contribution in [3.05, 3.63) is 65.7 Å². The van der Waals surface area contributed by atoms with E-state index >= 15 is 0 Å². The number of carbonyl (C=O) groups is 1. The molecule has 2 aliphatic heterocycles. The average molecular weight is 419 g/mol. The van der Waals surface area contributed by atoms with E-state index in [1.807, 2.05) is 18.2 Å². The van der Waals surface area contributed by atoms with E-state index < -0.39 is 5.66 Å². The van der Waals surface area contributed by atoms with Crippen LogP contribution < -0.4 is 15.0 Å². The molecule has 2 aromatic rings. The molecule has 2 aromatic carbocycles. The Morgan fingerprint density at radius 2 is 1.84 bits per heavy atom. The molecule has 2 aliphatic rings. The Morgan fingerprint density at radius 1 is 1.06 bits per heavy atom. The fourth-order valence-corrected chi connectivity index (χ4v) is 4.99. The normalized spacial score (nSPS) is 21.6. The highest BCUT2D eigenvalue weighted by Gasteiger charge is 2.57. The SMILES string of the molecule is CCCCCCOc1ccccc1C=CC12NC(=O)CCN1c1ccccc1C2(C)C. The molecule has 0 aromatic heterocycles. The molecule has 1 N–H and O–H groups in total. The molecule has 4 nitrogen and oxygen atoms in total. The third kappa shape index (κ3) is 3.84. The fourth-order valence-electron chi connectivity index (χ4n) is 4.99. The van der Waals surface area contributed by atoms with Gasteiger partial charge in [0.25, 0.3) is 0 Å². The molecule has 164 valence electrons. The summed E-state index contributed by atoms with van der Waals surface area (Å²) in [6.45, 7) is 8.11. The standard InChI is InChI=1S/C27H34N2O2/c1-4-5-6-11-20-31-24-15-10-7-12-21(24)16-18-27-26(2,3)22-13-8-9-14-23(22)29(27)19-17-25(30)28-27/h7-10,12-16,18H,4-6,11,17,19-20H2,1-3H3,(H,28,30). The maximum absolute atomic E-state index is 12.6. The predicted molar refractivity (Wildman–Crippen MR) is 127 cm³/mol. The van der Waals surface area contributed by atoms with Crippen LogP contribution in [0.5, 0.6) is 5.75 Å². The molecular formula is C27H34N2O2. The van der Waals surface area contributed by atoms with Crippen LogP contribution in [0.1, 0.15) is 64.0 Å². The van der Waals surface area contributed by atoms with Crippen LogP contribution in [0.2, 0.25) is 0 Å². The molecule has 1 saturated heterocycles. The largest absolute Gasteiger partial charge is 0.493 e. The number of anilines is 1. The van der Waals surface area contributed by atoms with Crippen LogP contribution in [-0.4, -0.2) is 24.7 Å². The summed E-state index contributed by atoms with van der Waals surface area (Å²) in [5.41, 5.74) is 2.64. The number of hydrogen-bond donors (Lipinski definition) is 1. The highest BCUT2D eigenvalue weighted by molar-refractivity contribution is 5.84. The van der Waals surface area contributed by atoms with Crippen molar-refractivity contribution >= 4 is 17.7 Å². The number of amides is 1. The van der Waals surface area contributed by atoms with Gasteiger partial charge in [-0.25, -0.2) is 0 Å². The van der Waals surface area contributed by atoms with Gasteiger partial charge < -0.3 is 15.0 Å². The van der Waals surface area contributed by atoms with Gasteiger partial charge in [0.15, 0.2) is 0 Å². The number of unbranched alkanes of at least 4 members (excludes halogenated alkanes) is 3. The van der Waals surface area contributed by atoms with Gasteiger partial charge >= 0.3 is 0 Å². The van der Waals surface area contributed by atoms with Crippen molar-refractivity contribution < 1.29 is 9.53 Å². The highest BCUT2D eigenvalue weighted by Crippen LogP contribution is 2.52. The number of benzene rings is 2. The molecule has 4 rings (SSSR count). The van der Waals surface area contributed by atoms with Gasteiger partial charge in [-0.1, -0.05) is 82.5 Å². The summed E-state index contributed by atoms with van der Waals surface area (Å²) in [7, 11) is 0. The zero-order valence-electron chi connectivity index (χ0n) is 19.0. The first-order valence-corrected chi connectivity index (χ1v) is 11.6. The van der Waals surface area contributed by atoms with Gasteiger partial charge in [-0.15, -0.1) is 0 Å². The molecular weight excluding hydrogens is 384 g/mol. The Hall–Kier alpha value is -2.75. The molecule has 2 heterocycles. The molecule has 0 saturated carbocycles.